The minimum absolute atomic E-state index is 0.109. The number of hydrogen-bond acceptors (Lipinski definition) is 3. The molecule has 1 atom stereocenters. The molecule has 0 spiro atoms. The zero-order chi connectivity index (χ0) is 11.1. The fourth-order valence-corrected chi connectivity index (χ4v) is 2.31. The maximum Gasteiger partial charge on any atom is 0.0876 e. The molecule has 1 aliphatic rings. The van der Waals surface area contributed by atoms with Crippen molar-refractivity contribution in [2.75, 3.05) is 19.8 Å². The van der Waals surface area contributed by atoms with Gasteiger partial charge in [-0.25, -0.2) is 0 Å². The van der Waals surface area contributed by atoms with Gasteiger partial charge in [-0.15, -0.1) is 0 Å². The van der Waals surface area contributed by atoms with E-state index in [4.69, 9.17) is 15.2 Å². The van der Waals surface area contributed by atoms with Gasteiger partial charge >= 0.3 is 0 Å². The highest BCUT2D eigenvalue weighted by Gasteiger charge is 2.38. The molecule has 1 saturated heterocycles. The zero-order valence-electron chi connectivity index (χ0n) is 10.1. The first-order chi connectivity index (χ1) is 7.25. The first kappa shape index (κ1) is 12.9. The summed E-state index contributed by atoms with van der Waals surface area (Å²) in [6.45, 7) is 6.58. The lowest BCUT2D eigenvalue weighted by atomic mass is 9.84. The maximum absolute atomic E-state index is 6.28. The van der Waals surface area contributed by atoms with Gasteiger partial charge < -0.3 is 15.2 Å². The van der Waals surface area contributed by atoms with E-state index in [1.807, 2.05) is 6.92 Å². The van der Waals surface area contributed by atoms with Gasteiger partial charge in [0.05, 0.1) is 5.60 Å². The predicted molar refractivity (Wildman–Crippen MR) is 61.9 cm³/mol. The molecule has 15 heavy (non-hydrogen) atoms. The van der Waals surface area contributed by atoms with Crippen LogP contribution in [0.25, 0.3) is 0 Å². The topological polar surface area (TPSA) is 44.5 Å². The SMILES string of the molecule is CCCCC(N)C1(OCC)CCOCC1. The van der Waals surface area contributed by atoms with E-state index in [2.05, 4.69) is 6.92 Å². The molecule has 1 fully saturated rings. The van der Waals surface area contributed by atoms with Crippen LogP contribution in [0.3, 0.4) is 0 Å². The third-order valence-electron chi connectivity index (χ3n) is 3.32. The van der Waals surface area contributed by atoms with Crippen molar-refractivity contribution >= 4 is 0 Å². The normalized spacial score (nSPS) is 22.6. The lowest BCUT2D eigenvalue weighted by Gasteiger charge is -2.41. The summed E-state index contributed by atoms with van der Waals surface area (Å²) >= 11 is 0. The Morgan fingerprint density at radius 2 is 2.00 bits per heavy atom. The van der Waals surface area contributed by atoms with Gasteiger partial charge in [-0.1, -0.05) is 19.8 Å². The van der Waals surface area contributed by atoms with Gasteiger partial charge in [0.1, 0.15) is 0 Å². The Balaban J connectivity index is 2.53. The number of hydrogen-bond donors (Lipinski definition) is 1. The highest BCUT2D eigenvalue weighted by Crippen LogP contribution is 2.30. The largest absolute Gasteiger partial charge is 0.381 e. The molecule has 0 aromatic carbocycles. The summed E-state index contributed by atoms with van der Waals surface area (Å²) in [5, 5.41) is 0. The molecule has 3 nitrogen and oxygen atoms in total. The summed E-state index contributed by atoms with van der Waals surface area (Å²) in [4.78, 5) is 0. The molecule has 1 aliphatic heterocycles. The van der Waals surface area contributed by atoms with Crippen LogP contribution < -0.4 is 5.73 Å². The van der Waals surface area contributed by atoms with Gasteiger partial charge in [-0.3, -0.25) is 0 Å². The van der Waals surface area contributed by atoms with Gasteiger partial charge in [-0.05, 0) is 13.3 Å². The van der Waals surface area contributed by atoms with Crippen LogP contribution in [0, 0.1) is 0 Å². The lowest BCUT2D eigenvalue weighted by Crippen LogP contribution is -2.53. The third kappa shape index (κ3) is 3.44. The molecule has 90 valence electrons. The van der Waals surface area contributed by atoms with E-state index >= 15 is 0 Å². The van der Waals surface area contributed by atoms with Crippen LogP contribution in [0.5, 0.6) is 0 Å². The van der Waals surface area contributed by atoms with E-state index in [1.165, 1.54) is 12.8 Å². The van der Waals surface area contributed by atoms with Crippen LogP contribution in [-0.2, 0) is 9.47 Å². The minimum atomic E-state index is -0.109. The molecule has 1 unspecified atom stereocenters. The summed E-state index contributed by atoms with van der Waals surface area (Å²) in [5.41, 5.74) is 6.17. The Morgan fingerprint density at radius 3 is 2.53 bits per heavy atom. The number of ether oxygens (including phenoxy) is 2. The summed E-state index contributed by atoms with van der Waals surface area (Å²) in [6.07, 6.45) is 5.36. The maximum atomic E-state index is 6.28. The Morgan fingerprint density at radius 1 is 1.33 bits per heavy atom. The molecule has 0 aromatic rings. The third-order valence-corrected chi connectivity index (χ3v) is 3.32. The molecular weight excluding hydrogens is 190 g/mol. The van der Waals surface area contributed by atoms with Gasteiger partial charge in [0.25, 0.3) is 0 Å². The van der Waals surface area contributed by atoms with Crippen molar-refractivity contribution in [3.8, 4) is 0 Å². The summed E-state index contributed by atoms with van der Waals surface area (Å²) in [6, 6.07) is 0.168. The quantitative estimate of drug-likeness (QED) is 0.738. The monoisotopic (exact) mass is 215 g/mol. The van der Waals surface area contributed by atoms with E-state index in [0.717, 1.165) is 39.1 Å². The first-order valence-corrected chi connectivity index (χ1v) is 6.22. The van der Waals surface area contributed by atoms with Crippen molar-refractivity contribution in [2.24, 2.45) is 5.73 Å². The van der Waals surface area contributed by atoms with Crippen LogP contribution in [0.4, 0.5) is 0 Å². The Bertz CT molecular complexity index is 161. The van der Waals surface area contributed by atoms with Crippen molar-refractivity contribution in [3.05, 3.63) is 0 Å². The zero-order valence-corrected chi connectivity index (χ0v) is 10.1. The summed E-state index contributed by atoms with van der Waals surface area (Å²) in [7, 11) is 0. The molecular formula is C12H25NO2. The molecule has 3 heteroatoms. The molecule has 0 saturated carbocycles. The van der Waals surface area contributed by atoms with Crippen molar-refractivity contribution in [1.82, 2.24) is 0 Å². The molecule has 0 bridgehead atoms. The lowest BCUT2D eigenvalue weighted by molar-refractivity contribution is -0.121. The smallest absolute Gasteiger partial charge is 0.0876 e. The van der Waals surface area contributed by atoms with E-state index in [1.54, 1.807) is 0 Å². The van der Waals surface area contributed by atoms with Crippen molar-refractivity contribution in [3.63, 3.8) is 0 Å². The number of nitrogens with two attached hydrogens (primary N) is 1. The molecule has 2 N–H and O–H groups in total. The molecule has 0 amide bonds. The summed E-state index contributed by atoms with van der Waals surface area (Å²) < 4.78 is 11.3. The van der Waals surface area contributed by atoms with Crippen molar-refractivity contribution in [1.29, 1.82) is 0 Å². The molecule has 1 heterocycles. The molecule has 0 radical (unpaired) electrons. The van der Waals surface area contributed by atoms with Crippen LogP contribution in [0.2, 0.25) is 0 Å². The Kier molecular flexibility index (Phi) is 5.58. The minimum Gasteiger partial charge on any atom is -0.381 e. The second-order valence-electron chi connectivity index (χ2n) is 4.36. The van der Waals surface area contributed by atoms with E-state index < -0.39 is 0 Å². The van der Waals surface area contributed by atoms with Crippen molar-refractivity contribution < 1.29 is 9.47 Å². The Labute approximate surface area is 93.3 Å². The highest BCUT2D eigenvalue weighted by atomic mass is 16.5. The van der Waals surface area contributed by atoms with Crippen LogP contribution in [0.1, 0.15) is 46.0 Å². The van der Waals surface area contributed by atoms with Gasteiger partial charge in [0.15, 0.2) is 0 Å². The first-order valence-electron chi connectivity index (χ1n) is 6.22. The standard InChI is InChI=1S/C12H25NO2/c1-3-5-6-11(13)12(15-4-2)7-9-14-10-8-12/h11H,3-10,13H2,1-2H3. The number of unbranched alkanes of at least 4 members (excludes halogenated alkanes) is 1. The average Bonchev–Trinajstić information content (AvgIpc) is 2.27. The molecule has 0 aliphatic carbocycles. The van der Waals surface area contributed by atoms with E-state index in [-0.39, 0.29) is 11.6 Å². The number of rotatable bonds is 6. The van der Waals surface area contributed by atoms with Crippen LogP contribution in [0.15, 0.2) is 0 Å². The fraction of sp³-hybridized carbons (Fsp3) is 1.00. The van der Waals surface area contributed by atoms with Gasteiger partial charge in [0.2, 0.25) is 0 Å². The predicted octanol–water partition coefficient (Wildman–Crippen LogP) is 2.09. The Hall–Kier alpha value is -0.120. The van der Waals surface area contributed by atoms with Crippen molar-refractivity contribution in [2.45, 2.75) is 57.6 Å². The average molecular weight is 215 g/mol. The molecule has 1 rings (SSSR count). The van der Waals surface area contributed by atoms with E-state index in [9.17, 15) is 0 Å². The van der Waals surface area contributed by atoms with E-state index in [0.29, 0.717) is 0 Å². The van der Waals surface area contributed by atoms with Gasteiger partial charge in [-0.2, -0.15) is 0 Å². The molecule has 0 aromatic heterocycles. The second kappa shape index (κ2) is 6.46. The van der Waals surface area contributed by atoms with Crippen LogP contribution in [-0.4, -0.2) is 31.5 Å². The second-order valence-corrected chi connectivity index (χ2v) is 4.36. The van der Waals surface area contributed by atoms with Crippen LogP contribution >= 0.6 is 0 Å². The van der Waals surface area contributed by atoms with Gasteiger partial charge in [0, 0.05) is 38.7 Å². The fourth-order valence-electron chi connectivity index (χ4n) is 2.31. The summed E-state index contributed by atoms with van der Waals surface area (Å²) in [5.74, 6) is 0. The highest BCUT2D eigenvalue weighted by molar-refractivity contribution is 4.93.